The summed E-state index contributed by atoms with van der Waals surface area (Å²) in [6.45, 7) is 1.44. The number of ether oxygens (including phenoxy) is 1. The number of nitrogens with one attached hydrogen (secondary N) is 1. The van der Waals surface area contributed by atoms with Crippen molar-refractivity contribution < 1.29 is 19.0 Å². The molecule has 2 saturated carbocycles. The van der Waals surface area contributed by atoms with Gasteiger partial charge in [-0.25, -0.2) is 4.39 Å². The summed E-state index contributed by atoms with van der Waals surface area (Å²) >= 11 is 6.27. The summed E-state index contributed by atoms with van der Waals surface area (Å²) < 4.78 is 22.1. The third-order valence-electron chi connectivity index (χ3n) is 8.85. The lowest BCUT2D eigenvalue weighted by Gasteiger charge is -2.57. The predicted octanol–water partition coefficient (Wildman–Crippen LogP) is 6.55. The molecule has 2 aromatic heterocycles. The molecule has 0 bridgehead atoms. The second kappa shape index (κ2) is 8.05. The Morgan fingerprint density at radius 1 is 1.14 bits per heavy atom. The zero-order chi connectivity index (χ0) is 24.6. The Morgan fingerprint density at radius 3 is 2.64 bits per heavy atom. The van der Waals surface area contributed by atoms with Gasteiger partial charge in [0.05, 0.1) is 28.2 Å². The Labute approximate surface area is 212 Å². The van der Waals surface area contributed by atoms with Gasteiger partial charge in [0.15, 0.2) is 0 Å². The minimum Gasteiger partial charge on any atom is -0.481 e. The van der Waals surface area contributed by atoms with Crippen LogP contribution in [0.15, 0.2) is 36.5 Å². The number of fused-ring (bicyclic) bond motifs is 2. The summed E-state index contributed by atoms with van der Waals surface area (Å²) in [7, 11) is 0. The molecular formula is C28H27ClFN3O3. The fourth-order valence-electron chi connectivity index (χ4n) is 7.16. The second-order valence-corrected chi connectivity index (χ2v) is 11.4. The number of carbonyl (C=O) groups is 1. The third kappa shape index (κ3) is 3.32. The molecule has 36 heavy (non-hydrogen) atoms. The van der Waals surface area contributed by atoms with Gasteiger partial charge in [0.1, 0.15) is 5.82 Å². The molecule has 4 aromatic rings. The number of hydrogen-bond donors (Lipinski definition) is 2. The number of hydrogen-bond acceptors (Lipinski definition) is 3. The van der Waals surface area contributed by atoms with E-state index in [1.165, 1.54) is 22.7 Å². The van der Waals surface area contributed by atoms with Crippen molar-refractivity contribution in [1.29, 1.82) is 0 Å². The van der Waals surface area contributed by atoms with E-state index in [-0.39, 0.29) is 16.4 Å². The monoisotopic (exact) mass is 507 g/mol. The molecular weight excluding hydrogens is 481 g/mol. The molecule has 0 atom stereocenters. The van der Waals surface area contributed by atoms with Crippen molar-refractivity contribution in [3.8, 4) is 5.69 Å². The van der Waals surface area contributed by atoms with E-state index in [9.17, 15) is 14.3 Å². The zero-order valence-corrected chi connectivity index (χ0v) is 20.5. The molecule has 3 heterocycles. The van der Waals surface area contributed by atoms with Crippen LogP contribution in [0.1, 0.15) is 61.6 Å². The van der Waals surface area contributed by atoms with Crippen molar-refractivity contribution >= 4 is 39.4 Å². The first-order chi connectivity index (χ1) is 17.4. The summed E-state index contributed by atoms with van der Waals surface area (Å²) in [4.78, 5) is 11.4. The Morgan fingerprint density at radius 2 is 1.92 bits per heavy atom. The van der Waals surface area contributed by atoms with E-state index >= 15 is 0 Å². The number of carboxylic acids is 1. The average Bonchev–Trinajstić information content (AvgIpc) is 3.40. The van der Waals surface area contributed by atoms with Crippen LogP contribution in [0.3, 0.4) is 0 Å². The Balaban J connectivity index is 1.43. The number of nitrogens with zero attached hydrogens (tertiary/aromatic N) is 2. The van der Waals surface area contributed by atoms with Crippen LogP contribution in [0.25, 0.3) is 27.5 Å². The molecule has 0 radical (unpaired) electrons. The SMILES string of the molecule is O=C(O)C1CC2(C1)CC(c1c(C3CCOCC3)n(-c3ccc(F)c(Cl)c3)c3cc4cn[nH]c4cc13)C2. The number of aromatic amines is 1. The van der Waals surface area contributed by atoms with E-state index in [0.717, 1.165) is 73.8 Å². The number of H-pyrrole nitrogens is 1. The Hall–Kier alpha value is -2.90. The van der Waals surface area contributed by atoms with E-state index in [0.29, 0.717) is 11.8 Å². The quantitative estimate of drug-likeness (QED) is 0.328. The van der Waals surface area contributed by atoms with Gasteiger partial charge in [0.25, 0.3) is 0 Å². The topological polar surface area (TPSA) is 80.1 Å². The van der Waals surface area contributed by atoms with Crippen LogP contribution in [-0.4, -0.2) is 39.1 Å². The molecule has 186 valence electrons. The maximum Gasteiger partial charge on any atom is 0.306 e. The lowest BCUT2D eigenvalue weighted by molar-refractivity contribution is -0.155. The van der Waals surface area contributed by atoms with E-state index in [1.807, 2.05) is 6.20 Å². The molecule has 2 aliphatic carbocycles. The first-order valence-electron chi connectivity index (χ1n) is 12.7. The molecule has 1 saturated heterocycles. The number of rotatable bonds is 4. The van der Waals surface area contributed by atoms with Crippen molar-refractivity contribution in [3.05, 3.63) is 58.6 Å². The second-order valence-electron chi connectivity index (χ2n) is 11.0. The molecule has 3 fully saturated rings. The fraction of sp³-hybridized carbons (Fsp3) is 0.429. The minimum absolute atomic E-state index is 0.106. The van der Waals surface area contributed by atoms with Gasteiger partial charge in [-0.05, 0) is 85.8 Å². The van der Waals surface area contributed by atoms with Crippen molar-refractivity contribution in [3.63, 3.8) is 0 Å². The highest BCUT2D eigenvalue weighted by atomic mass is 35.5. The molecule has 0 amide bonds. The summed E-state index contributed by atoms with van der Waals surface area (Å²) in [5.74, 6) is -0.628. The van der Waals surface area contributed by atoms with Gasteiger partial charge < -0.3 is 14.4 Å². The average molecular weight is 508 g/mol. The summed E-state index contributed by atoms with van der Waals surface area (Å²) in [5.41, 5.74) is 5.68. The number of benzene rings is 2. The third-order valence-corrected chi connectivity index (χ3v) is 9.14. The summed E-state index contributed by atoms with van der Waals surface area (Å²) in [6, 6.07) is 9.32. The van der Waals surface area contributed by atoms with Gasteiger partial charge in [0, 0.05) is 41.3 Å². The highest BCUT2D eigenvalue weighted by Gasteiger charge is 2.56. The molecule has 2 aromatic carbocycles. The predicted molar refractivity (Wildman–Crippen MR) is 135 cm³/mol. The first kappa shape index (κ1) is 22.3. The maximum atomic E-state index is 14.2. The maximum absolute atomic E-state index is 14.2. The highest BCUT2D eigenvalue weighted by molar-refractivity contribution is 6.30. The largest absolute Gasteiger partial charge is 0.481 e. The van der Waals surface area contributed by atoms with Crippen molar-refractivity contribution in [1.82, 2.24) is 14.8 Å². The number of carboxylic acid groups (broad SMARTS) is 1. The summed E-state index contributed by atoms with van der Waals surface area (Å²) in [6.07, 6.45) is 7.27. The van der Waals surface area contributed by atoms with Crippen LogP contribution in [0.5, 0.6) is 0 Å². The zero-order valence-electron chi connectivity index (χ0n) is 19.8. The molecule has 1 aliphatic heterocycles. The molecule has 8 heteroatoms. The van der Waals surface area contributed by atoms with E-state index in [2.05, 4.69) is 26.9 Å². The normalized spacial score (nSPS) is 26.4. The van der Waals surface area contributed by atoms with E-state index < -0.39 is 11.8 Å². The van der Waals surface area contributed by atoms with Crippen LogP contribution in [0, 0.1) is 17.2 Å². The van der Waals surface area contributed by atoms with Gasteiger partial charge >= 0.3 is 5.97 Å². The van der Waals surface area contributed by atoms with Crippen LogP contribution >= 0.6 is 11.6 Å². The van der Waals surface area contributed by atoms with E-state index in [4.69, 9.17) is 16.3 Å². The molecule has 0 unspecified atom stereocenters. The van der Waals surface area contributed by atoms with Crippen LogP contribution in [0.2, 0.25) is 5.02 Å². The van der Waals surface area contributed by atoms with Gasteiger partial charge in [-0.1, -0.05) is 11.6 Å². The Kier molecular flexibility index (Phi) is 4.99. The van der Waals surface area contributed by atoms with Gasteiger partial charge in [0.2, 0.25) is 0 Å². The Bertz CT molecular complexity index is 1510. The number of halogens is 2. The minimum atomic E-state index is -0.668. The lowest BCUT2D eigenvalue weighted by atomic mass is 9.47. The number of aromatic nitrogens is 3. The van der Waals surface area contributed by atoms with Crippen LogP contribution < -0.4 is 0 Å². The van der Waals surface area contributed by atoms with Crippen molar-refractivity contribution in [2.45, 2.75) is 50.4 Å². The van der Waals surface area contributed by atoms with Crippen LogP contribution in [0.4, 0.5) is 4.39 Å². The highest BCUT2D eigenvalue weighted by Crippen LogP contribution is 2.65. The molecule has 1 spiro atoms. The van der Waals surface area contributed by atoms with Gasteiger partial charge in [-0.15, -0.1) is 0 Å². The smallest absolute Gasteiger partial charge is 0.306 e. The fourth-order valence-corrected chi connectivity index (χ4v) is 7.33. The standard InChI is InChI=1S/C28H27ClFN3O3/c29-21-8-19(1-2-22(21)30)33-24-7-16-14-31-32-23(16)9-20(24)25(26(33)15-3-5-36-6-4-15)17-10-28(11-17)12-18(13-28)27(34)35/h1-2,7-9,14-15,17-18H,3-6,10-13H2,(H,31,32)(H,34,35). The molecule has 6 nitrogen and oxygen atoms in total. The molecule has 2 N–H and O–H groups in total. The molecule has 7 rings (SSSR count). The lowest BCUT2D eigenvalue weighted by Crippen LogP contribution is -2.49. The van der Waals surface area contributed by atoms with Crippen LogP contribution in [-0.2, 0) is 9.53 Å². The van der Waals surface area contributed by atoms with Crippen molar-refractivity contribution in [2.75, 3.05) is 13.2 Å². The van der Waals surface area contributed by atoms with Crippen molar-refractivity contribution in [2.24, 2.45) is 11.3 Å². The van der Waals surface area contributed by atoms with Gasteiger partial charge in [-0.2, -0.15) is 5.10 Å². The number of aliphatic carboxylic acids is 1. The summed E-state index contributed by atoms with van der Waals surface area (Å²) in [5, 5.41) is 19.1. The van der Waals surface area contributed by atoms with E-state index in [1.54, 1.807) is 12.1 Å². The van der Waals surface area contributed by atoms with Gasteiger partial charge in [-0.3, -0.25) is 9.89 Å². The first-order valence-corrected chi connectivity index (χ1v) is 13.1. The molecule has 3 aliphatic rings.